The minimum atomic E-state index is -3.76. The van der Waals surface area contributed by atoms with Gasteiger partial charge in [-0.25, -0.2) is 13.4 Å². The zero-order valence-corrected chi connectivity index (χ0v) is 15.8. The number of imidazole rings is 1. The molecule has 0 saturated carbocycles. The van der Waals surface area contributed by atoms with Crippen LogP contribution in [0.25, 0.3) is 0 Å². The summed E-state index contributed by atoms with van der Waals surface area (Å²) in [5.74, 6) is 0.672. The summed E-state index contributed by atoms with van der Waals surface area (Å²) in [6, 6.07) is 5.69. The van der Waals surface area contributed by atoms with Crippen LogP contribution in [0.3, 0.4) is 0 Å². The third-order valence-corrected chi connectivity index (χ3v) is 6.24. The summed E-state index contributed by atoms with van der Waals surface area (Å²) in [6.45, 7) is 1.37. The predicted octanol–water partition coefficient (Wildman–Crippen LogP) is 1.70. The molecule has 0 amide bonds. The van der Waals surface area contributed by atoms with E-state index in [0.29, 0.717) is 25.5 Å². The fraction of sp³-hybridized carbons (Fsp3) is 0.333. The van der Waals surface area contributed by atoms with E-state index in [0.717, 1.165) is 0 Å². The van der Waals surface area contributed by atoms with Crippen LogP contribution in [0.15, 0.2) is 35.5 Å². The lowest BCUT2D eigenvalue weighted by Gasteiger charge is -2.34. The van der Waals surface area contributed by atoms with Crippen LogP contribution in [0.5, 0.6) is 0 Å². The van der Waals surface area contributed by atoms with Crippen molar-refractivity contribution < 1.29 is 8.42 Å². The molecule has 2 aromatic rings. The monoisotopic (exact) mass is 401 g/mol. The Kier molecular flexibility index (Phi) is 6.08. The van der Waals surface area contributed by atoms with Crippen molar-refractivity contribution >= 4 is 34.0 Å². The fourth-order valence-corrected chi connectivity index (χ4v) is 4.67. The van der Waals surface area contributed by atoms with E-state index in [4.69, 9.17) is 16.9 Å². The predicted molar refractivity (Wildman–Crippen MR) is 96.1 cm³/mol. The minimum Gasteiger partial charge on any atom is -0.337 e. The van der Waals surface area contributed by atoms with Crippen LogP contribution in [-0.2, 0) is 17.1 Å². The number of sulfonamides is 1. The molecule has 1 aromatic heterocycles. The highest BCUT2D eigenvalue weighted by Gasteiger charge is 2.36. The Morgan fingerprint density at radius 3 is 2.80 bits per heavy atom. The first-order valence-corrected chi connectivity index (χ1v) is 9.16. The number of piperazine rings is 1. The normalized spacial score (nSPS) is 18.4. The van der Waals surface area contributed by atoms with Crippen molar-refractivity contribution in [1.82, 2.24) is 19.2 Å². The van der Waals surface area contributed by atoms with Gasteiger partial charge in [0.1, 0.15) is 11.9 Å². The van der Waals surface area contributed by atoms with Gasteiger partial charge < -0.3 is 9.88 Å². The summed E-state index contributed by atoms with van der Waals surface area (Å²) in [7, 11) is -1.92. The van der Waals surface area contributed by atoms with E-state index in [1.807, 2.05) is 17.7 Å². The van der Waals surface area contributed by atoms with Gasteiger partial charge in [0.15, 0.2) is 0 Å². The van der Waals surface area contributed by atoms with Gasteiger partial charge in [-0.15, -0.1) is 12.4 Å². The molecule has 3 rings (SSSR count). The molecular formula is C15H17Cl2N5O2S. The first-order chi connectivity index (χ1) is 11.4. The number of nitrogens with zero attached hydrogens (tertiary/aromatic N) is 4. The van der Waals surface area contributed by atoms with E-state index >= 15 is 0 Å². The lowest BCUT2D eigenvalue weighted by Crippen LogP contribution is -2.49. The quantitative estimate of drug-likeness (QED) is 0.844. The maximum Gasteiger partial charge on any atom is 0.243 e. The number of aryl methyl sites for hydroxylation is 1. The molecule has 1 N–H and O–H groups in total. The topological polar surface area (TPSA) is 91.0 Å². The molecule has 1 unspecified atom stereocenters. The Morgan fingerprint density at radius 1 is 1.44 bits per heavy atom. The highest BCUT2D eigenvalue weighted by molar-refractivity contribution is 7.89. The van der Waals surface area contributed by atoms with Gasteiger partial charge in [-0.1, -0.05) is 11.6 Å². The molecule has 0 bridgehead atoms. The van der Waals surface area contributed by atoms with Crippen molar-refractivity contribution in [3.05, 3.63) is 47.0 Å². The Balaban J connectivity index is 0.00000225. The first kappa shape index (κ1) is 19.7. The van der Waals surface area contributed by atoms with E-state index in [-0.39, 0.29) is 27.9 Å². The summed E-state index contributed by atoms with van der Waals surface area (Å²) in [6.07, 6.45) is 3.43. The van der Waals surface area contributed by atoms with Crippen molar-refractivity contribution in [2.75, 3.05) is 19.6 Å². The second kappa shape index (κ2) is 7.72. The number of nitrogens with one attached hydrogen (secondary N) is 1. The standard InChI is InChI=1S/C15H16ClN5O2S.ClH/c1-20-6-5-19-15(20)14-10-18-4-7-21(14)24(22,23)12-3-2-11(9-17)13(16)8-12;/h2-3,5-6,8,14,18H,4,7,10H2,1H3;1H. The Bertz CT molecular complexity index is 907. The van der Waals surface area contributed by atoms with Crippen LogP contribution in [0.1, 0.15) is 17.4 Å². The lowest BCUT2D eigenvalue weighted by atomic mass is 10.2. The van der Waals surface area contributed by atoms with Gasteiger partial charge >= 0.3 is 0 Å². The lowest BCUT2D eigenvalue weighted by molar-refractivity contribution is 0.258. The van der Waals surface area contributed by atoms with Crippen LogP contribution in [0, 0.1) is 11.3 Å². The smallest absolute Gasteiger partial charge is 0.243 e. The second-order valence-corrected chi connectivity index (χ2v) is 7.78. The number of nitriles is 1. The van der Waals surface area contributed by atoms with Crippen molar-refractivity contribution in [2.24, 2.45) is 7.05 Å². The number of hydrogen-bond donors (Lipinski definition) is 1. The minimum absolute atomic E-state index is 0. The molecule has 1 atom stereocenters. The van der Waals surface area contributed by atoms with E-state index < -0.39 is 16.1 Å². The van der Waals surface area contributed by atoms with Crippen LogP contribution in [-0.4, -0.2) is 41.9 Å². The Labute approximate surface area is 157 Å². The molecule has 2 heterocycles. The summed E-state index contributed by atoms with van der Waals surface area (Å²) in [4.78, 5) is 4.37. The molecule has 7 nitrogen and oxygen atoms in total. The zero-order chi connectivity index (χ0) is 17.3. The zero-order valence-electron chi connectivity index (χ0n) is 13.4. The van der Waals surface area contributed by atoms with E-state index in [1.54, 1.807) is 12.4 Å². The number of hydrogen-bond acceptors (Lipinski definition) is 5. The van der Waals surface area contributed by atoms with Crippen molar-refractivity contribution in [2.45, 2.75) is 10.9 Å². The van der Waals surface area contributed by atoms with Crippen molar-refractivity contribution in [3.63, 3.8) is 0 Å². The van der Waals surface area contributed by atoms with Crippen LogP contribution in [0.2, 0.25) is 5.02 Å². The van der Waals surface area contributed by atoms with E-state index in [2.05, 4.69) is 10.3 Å². The summed E-state index contributed by atoms with van der Waals surface area (Å²) < 4.78 is 29.4. The van der Waals surface area contributed by atoms with Crippen molar-refractivity contribution in [3.8, 4) is 6.07 Å². The molecule has 0 spiro atoms. The van der Waals surface area contributed by atoms with E-state index in [1.165, 1.54) is 22.5 Å². The van der Waals surface area contributed by atoms with Crippen LogP contribution < -0.4 is 5.32 Å². The summed E-state index contributed by atoms with van der Waals surface area (Å²) in [5, 5.41) is 12.3. The van der Waals surface area contributed by atoms with Crippen LogP contribution >= 0.6 is 24.0 Å². The largest absolute Gasteiger partial charge is 0.337 e. The number of benzene rings is 1. The third-order valence-electron chi connectivity index (χ3n) is 4.02. The number of halogens is 2. The molecule has 1 aliphatic heterocycles. The van der Waals surface area contributed by atoms with Gasteiger partial charge in [0.25, 0.3) is 0 Å². The van der Waals surface area contributed by atoms with Gasteiger partial charge in [0, 0.05) is 39.1 Å². The molecule has 1 aromatic carbocycles. The maximum absolute atomic E-state index is 13.1. The molecule has 1 fully saturated rings. The highest BCUT2D eigenvalue weighted by atomic mass is 35.5. The molecular weight excluding hydrogens is 385 g/mol. The van der Waals surface area contributed by atoms with Crippen LogP contribution in [0.4, 0.5) is 0 Å². The van der Waals surface area contributed by atoms with Gasteiger partial charge in [-0.2, -0.15) is 9.57 Å². The van der Waals surface area contributed by atoms with Gasteiger partial charge in [-0.3, -0.25) is 0 Å². The second-order valence-electron chi connectivity index (χ2n) is 5.49. The number of rotatable bonds is 3. The summed E-state index contributed by atoms with van der Waals surface area (Å²) in [5.41, 5.74) is 0.247. The summed E-state index contributed by atoms with van der Waals surface area (Å²) >= 11 is 6.00. The molecule has 0 radical (unpaired) electrons. The van der Waals surface area contributed by atoms with Crippen molar-refractivity contribution in [1.29, 1.82) is 5.26 Å². The van der Waals surface area contributed by atoms with E-state index in [9.17, 15) is 8.42 Å². The Hall–Kier alpha value is -1.63. The molecule has 25 heavy (non-hydrogen) atoms. The third kappa shape index (κ3) is 3.66. The molecule has 1 aliphatic rings. The Morgan fingerprint density at radius 2 is 2.20 bits per heavy atom. The SMILES string of the molecule is Cl.Cn1ccnc1C1CNCCN1S(=O)(=O)c1ccc(C#N)c(Cl)c1. The van der Waals surface area contributed by atoms with Gasteiger partial charge in [0.05, 0.1) is 21.5 Å². The average Bonchev–Trinajstić information content (AvgIpc) is 3.00. The highest BCUT2D eigenvalue weighted by Crippen LogP contribution is 2.29. The molecule has 0 aliphatic carbocycles. The van der Waals surface area contributed by atoms with Gasteiger partial charge in [-0.05, 0) is 18.2 Å². The first-order valence-electron chi connectivity index (χ1n) is 7.34. The maximum atomic E-state index is 13.1. The average molecular weight is 402 g/mol. The molecule has 10 heteroatoms. The number of aromatic nitrogens is 2. The molecule has 134 valence electrons. The van der Waals surface area contributed by atoms with Gasteiger partial charge in [0.2, 0.25) is 10.0 Å². The molecule has 1 saturated heterocycles. The fourth-order valence-electron chi connectivity index (χ4n) is 2.77.